The van der Waals surface area contributed by atoms with Crippen LogP contribution in [0.5, 0.6) is 0 Å². The van der Waals surface area contributed by atoms with E-state index in [1.165, 1.54) is 16.6 Å². The standard InChI is InChI=1S/C13H18BrFN2O2S/c1-20(18,19)17-6-2-3-10(9-17)8-16-13-5-4-11(14)7-12(13)15/h4-5,7,10,16H,2-3,6,8-9H2,1H3. The molecule has 1 heterocycles. The summed E-state index contributed by atoms with van der Waals surface area (Å²) in [4.78, 5) is 0. The Balaban J connectivity index is 1.94. The second-order valence-corrected chi connectivity index (χ2v) is 8.03. The van der Waals surface area contributed by atoms with Crippen molar-refractivity contribution in [2.75, 3.05) is 31.2 Å². The van der Waals surface area contributed by atoms with E-state index in [9.17, 15) is 12.8 Å². The van der Waals surface area contributed by atoms with E-state index in [1.54, 1.807) is 12.1 Å². The number of hydrogen-bond acceptors (Lipinski definition) is 3. The molecule has 0 aliphatic carbocycles. The number of sulfonamides is 1. The average Bonchev–Trinajstić information content (AvgIpc) is 2.37. The van der Waals surface area contributed by atoms with Crippen LogP contribution in [0.15, 0.2) is 22.7 Å². The molecule has 1 aliphatic rings. The number of nitrogens with one attached hydrogen (secondary N) is 1. The Morgan fingerprint density at radius 1 is 1.50 bits per heavy atom. The minimum atomic E-state index is -3.13. The molecule has 2 rings (SSSR count). The fourth-order valence-electron chi connectivity index (χ4n) is 2.38. The predicted molar refractivity (Wildman–Crippen MR) is 81.7 cm³/mol. The van der Waals surface area contributed by atoms with Gasteiger partial charge in [0, 0.05) is 24.1 Å². The molecule has 1 aromatic carbocycles. The van der Waals surface area contributed by atoms with Crippen LogP contribution in [-0.4, -0.2) is 38.6 Å². The van der Waals surface area contributed by atoms with Crippen LogP contribution in [0.1, 0.15) is 12.8 Å². The summed E-state index contributed by atoms with van der Waals surface area (Å²) in [5.41, 5.74) is 0.449. The number of hydrogen-bond donors (Lipinski definition) is 1. The third kappa shape index (κ3) is 4.17. The summed E-state index contributed by atoms with van der Waals surface area (Å²) in [7, 11) is -3.13. The zero-order chi connectivity index (χ0) is 14.8. The van der Waals surface area contributed by atoms with E-state index in [4.69, 9.17) is 0 Å². The largest absolute Gasteiger partial charge is 0.382 e. The molecule has 0 aromatic heterocycles. The monoisotopic (exact) mass is 364 g/mol. The molecule has 0 radical (unpaired) electrons. The second kappa shape index (κ2) is 6.41. The first-order chi connectivity index (χ1) is 9.36. The van der Waals surface area contributed by atoms with E-state index in [0.29, 0.717) is 29.8 Å². The SMILES string of the molecule is CS(=O)(=O)N1CCCC(CNc2ccc(Br)cc2F)C1. The van der Waals surface area contributed by atoms with Crippen molar-refractivity contribution in [3.8, 4) is 0 Å². The average molecular weight is 365 g/mol. The maximum absolute atomic E-state index is 13.7. The molecule has 1 N–H and O–H groups in total. The van der Waals surface area contributed by atoms with Gasteiger partial charge in [-0.05, 0) is 37.0 Å². The maximum atomic E-state index is 13.7. The van der Waals surface area contributed by atoms with E-state index in [1.807, 2.05) is 0 Å². The van der Waals surface area contributed by atoms with Gasteiger partial charge in [0.2, 0.25) is 10.0 Å². The lowest BCUT2D eigenvalue weighted by atomic mass is 9.99. The maximum Gasteiger partial charge on any atom is 0.211 e. The highest BCUT2D eigenvalue weighted by Gasteiger charge is 2.25. The van der Waals surface area contributed by atoms with Crippen molar-refractivity contribution in [1.82, 2.24) is 4.31 Å². The smallest absolute Gasteiger partial charge is 0.211 e. The van der Waals surface area contributed by atoms with Crippen LogP contribution in [0.25, 0.3) is 0 Å². The molecule has 1 aliphatic heterocycles. The molecule has 20 heavy (non-hydrogen) atoms. The van der Waals surface area contributed by atoms with E-state index >= 15 is 0 Å². The number of halogens is 2. The zero-order valence-corrected chi connectivity index (χ0v) is 13.7. The van der Waals surface area contributed by atoms with Gasteiger partial charge in [-0.1, -0.05) is 15.9 Å². The number of nitrogens with zero attached hydrogens (tertiary/aromatic N) is 1. The van der Waals surface area contributed by atoms with Crippen LogP contribution in [-0.2, 0) is 10.0 Å². The highest BCUT2D eigenvalue weighted by atomic mass is 79.9. The Morgan fingerprint density at radius 2 is 2.25 bits per heavy atom. The Hall–Kier alpha value is -0.660. The van der Waals surface area contributed by atoms with Crippen LogP contribution in [0.4, 0.5) is 10.1 Å². The lowest BCUT2D eigenvalue weighted by Crippen LogP contribution is -2.41. The molecule has 1 unspecified atom stereocenters. The summed E-state index contributed by atoms with van der Waals surface area (Å²) >= 11 is 3.21. The summed E-state index contributed by atoms with van der Waals surface area (Å²) in [6.45, 7) is 1.66. The summed E-state index contributed by atoms with van der Waals surface area (Å²) in [6, 6.07) is 4.86. The van der Waals surface area contributed by atoms with Gasteiger partial charge in [0.25, 0.3) is 0 Å². The van der Waals surface area contributed by atoms with Crippen LogP contribution < -0.4 is 5.32 Å². The van der Waals surface area contributed by atoms with E-state index in [0.717, 1.165) is 12.8 Å². The normalized spacial score (nSPS) is 20.9. The lowest BCUT2D eigenvalue weighted by molar-refractivity contribution is 0.276. The van der Waals surface area contributed by atoms with Gasteiger partial charge in [0.05, 0.1) is 11.9 Å². The molecule has 1 atom stereocenters. The van der Waals surface area contributed by atoms with Crippen LogP contribution in [0.3, 0.4) is 0 Å². The zero-order valence-electron chi connectivity index (χ0n) is 11.3. The van der Waals surface area contributed by atoms with E-state index in [-0.39, 0.29) is 11.7 Å². The summed E-state index contributed by atoms with van der Waals surface area (Å²) in [5.74, 6) is -0.100. The fraction of sp³-hybridized carbons (Fsp3) is 0.538. The minimum Gasteiger partial charge on any atom is -0.382 e. The van der Waals surface area contributed by atoms with Crippen LogP contribution in [0.2, 0.25) is 0 Å². The van der Waals surface area contributed by atoms with Gasteiger partial charge in [-0.3, -0.25) is 0 Å². The number of benzene rings is 1. The molecular weight excluding hydrogens is 347 g/mol. The molecule has 1 fully saturated rings. The Labute approximate surface area is 127 Å². The van der Waals surface area contributed by atoms with Crippen molar-refractivity contribution < 1.29 is 12.8 Å². The van der Waals surface area contributed by atoms with Crippen molar-refractivity contribution in [1.29, 1.82) is 0 Å². The van der Waals surface area contributed by atoms with E-state index < -0.39 is 10.0 Å². The number of piperidine rings is 1. The van der Waals surface area contributed by atoms with Gasteiger partial charge < -0.3 is 5.32 Å². The van der Waals surface area contributed by atoms with Crippen LogP contribution >= 0.6 is 15.9 Å². The van der Waals surface area contributed by atoms with Gasteiger partial charge in [0.1, 0.15) is 5.82 Å². The van der Waals surface area contributed by atoms with Gasteiger partial charge in [-0.15, -0.1) is 0 Å². The van der Waals surface area contributed by atoms with Crippen molar-refractivity contribution in [3.05, 3.63) is 28.5 Å². The fourth-order valence-corrected chi connectivity index (χ4v) is 3.66. The van der Waals surface area contributed by atoms with Crippen molar-refractivity contribution in [2.45, 2.75) is 12.8 Å². The second-order valence-electron chi connectivity index (χ2n) is 5.13. The number of anilines is 1. The topological polar surface area (TPSA) is 49.4 Å². The molecule has 0 bridgehead atoms. The van der Waals surface area contributed by atoms with Crippen LogP contribution in [0, 0.1) is 11.7 Å². The highest BCUT2D eigenvalue weighted by Crippen LogP contribution is 2.22. The van der Waals surface area contributed by atoms with Gasteiger partial charge in [0.15, 0.2) is 0 Å². The summed E-state index contributed by atoms with van der Waals surface area (Å²) in [5, 5.41) is 3.06. The summed E-state index contributed by atoms with van der Waals surface area (Å²) in [6.07, 6.45) is 3.04. The Bertz CT molecular complexity index is 580. The predicted octanol–water partition coefficient (Wildman–Crippen LogP) is 2.67. The van der Waals surface area contributed by atoms with Crippen molar-refractivity contribution in [3.63, 3.8) is 0 Å². The van der Waals surface area contributed by atoms with Gasteiger partial charge in [-0.25, -0.2) is 17.1 Å². The quantitative estimate of drug-likeness (QED) is 0.893. The Morgan fingerprint density at radius 3 is 2.90 bits per heavy atom. The van der Waals surface area contributed by atoms with E-state index in [2.05, 4.69) is 21.2 Å². The molecule has 0 saturated carbocycles. The van der Waals surface area contributed by atoms with Crippen molar-refractivity contribution in [2.24, 2.45) is 5.92 Å². The molecule has 4 nitrogen and oxygen atoms in total. The first-order valence-electron chi connectivity index (χ1n) is 6.50. The molecule has 112 valence electrons. The third-order valence-corrected chi connectivity index (χ3v) is 5.23. The lowest BCUT2D eigenvalue weighted by Gasteiger charge is -2.31. The number of rotatable bonds is 4. The van der Waals surface area contributed by atoms with Gasteiger partial charge in [-0.2, -0.15) is 0 Å². The summed E-state index contributed by atoms with van der Waals surface area (Å²) < 4.78 is 38.9. The molecular formula is C13H18BrFN2O2S. The molecule has 1 aromatic rings. The van der Waals surface area contributed by atoms with Crippen molar-refractivity contribution >= 4 is 31.6 Å². The van der Waals surface area contributed by atoms with Gasteiger partial charge >= 0.3 is 0 Å². The minimum absolute atomic E-state index is 0.210. The first-order valence-corrected chi connectivity index (χ1v) is 9.14. The molecule has 0 amide bonds. The molecule has 0 spiro atoms. The molecule has 1 saturated heterocycles. The third-order valence-electron chi connectivity index (χ3n) is 3.46. The molecule has 7 heteroatoms. The first kappa shape index (κ1) is 15.7. The Kier molecular flexibility index (Phi) is 5.04. The highest BCUT2D eigenvalue weighted by molar-refractivity contribution is 9.10.